The van der Waals surface area contributed by atoms with Gasteiger partial charge in [0.05, 0.1) is 0 Å². The second-order valence-corrected chi connectivity index (χ2v) is 6.27. The van der Waals surface area contributed by atoms with Crippen molar-refractivity contribution in [3.05, 3.63) is 69.2 Å². The molecule has 3 N–H and O–H groups in total. The molecule has 0 aromatic heterocycles. The minimum Gasteiger partial charge on any atom is -0.384 e. The van der Waals surface area contributed by atoms with Crippen LogP contribution in [-0.2, 0) is 13.1 Å². The summed E-state index contributed by atoms with van der Waals surface area (Å²) in [6.07, 6.45) is 0. The fourth-order valence-corrected chi connectivity index (χ4v) is 2.55. The summed E-state index contributed by atoms with van der Waals surface area (Å²) in [5.41, 5.74) is 10.0. The summed E-state index contributed by atoms with van der Waals surface area (Å²) in [7, 11) is 2.11. The van der Waals surface area contributed by atoms with E-state index in [2.05, 4.69) is 65.1 Å². The monoisotopic (exact) mass is 345 g/mol. The lowest BCUT2D eigenvalue weighted by atomic mass is 10.0. The summed E-state index contributed by atoms with van der Waals surface area (Å²) in [4.78, 5) is 2.28. The van der Waals surface area contributed by atoms with Crippen LogP contribution < -0.4 is 5.73 Å². The number of nitrogen functional groups attached to an aromatic ring is 1. The maximum absolute atomic E-state index is 7.47. The van der Waals surface area contributed by atoms with Gasteiger partial charge in [-0.1, -0.05) is 40.2 Å². The molecule has 0 amide bonds. The zero-order valence-electron chi connectivity index (χ0n) is 12.4. The molecule has 0 radical (unpaired) electrons. The number of benzene rings is 2. The summed E-state index contributed by atoms with van der Waals surface area (Å²) in [5.74, 6) is 0.118. The molecule has 0 atom stereocenters. The topological polar surface area (TPSA) is 53.1 Å². The van der Waals surface area contributed by atoms with E-state index < -0.39 is 0 Å². The minimum atomic E-state index is 0.118. The maximum Gasteiger partial charge on any atom is 0.122 e. The van der Waals surface area contributed by atoms with E-state index in [0.29, 0.717) is 0 Å². The lowest BCUT2D eigenvalue weighted by Gasteiger charge is -2.18. The first-order valence-corrected chi connectivity index (χ1v) is 7.62. The molecule has 0 saturated heterocycles. The number of hydrogen-bond donors (Lipinski definition) is 2. The molecule has 0 bridgehead atoms. The molecule has 2 rings (SSSR count). The van der Waals surface area contributed by atoms with E-state index in [0.717, 1.165) is 23.1 Å². The van der Waals surface area contributed by atoms with Crippen molar-refractivity contribution in [3.8, 4) is 0 Å². The fraction of sp³-hybridized carbons (Fsp3) is 0.235. The summed E-state index contributed by atoms with van der Waals surface area (Å²) >= 11 is 3.45. The minimum absolute atomic E-state index is 0.118. The molecule has 0 saturated carbocycles. The van der Waals surface area contributed by atoms with Crippen LogP contribution in [-0.4, -0.2) is 17.8 Å². The SMILES string of the molecule is Cc1cc(C(=N)N)ccc1CN(C)Cc1ccc(Br)cc1. The molecule has 0 unspecified atom stereocenters. The number of halogens is 1. The number of amidine groups is 1. The predicted molar refractivity (Wildman–Crippen MR) is 91.5 cm³/mol. The van der Waals surface area contributed by atoms with Crippen LogP contribution in [0.5, 0.6) is 0 Å². The first-order valence-electron chi connectivity index (χ1n) is 6.82. The molecule has 0 aliphatic carbocycles. The second kappa shape index (κ2) is 6.87. The first-order chi connectivity index (χ1) is 9.95. The molecule has 21 heavy (non-hydrogen) atoms. The Bertz CT molecular complexity index is 635. The molecule has 0 fully saturated rings. The number of nitrogens with zero attached hydrogens (tertiary/aromatic N) is 1. The highest BCUT2D eigenvalue weighted by molar-refractivity contribution is 9.10. The van der Waals surface area contributed by atoms with Crippen molar-refractivity contribution in [3.63, 3.8) is 0 Å². The average Bonchev–Trinajstić information content (AvgIpc) is 2.43. The molecule has 110 valence electrons. The zero-order chi connectivity index (χ0) is 15.4. The second-order valence-electron chi connectivity index (χ2n) is 5.35. The molecule has 2 aromatic rings. The summed E-state index contributed by atoms with van der Waals surface area (Å²) in [6, 6.07) is 14.3. The molecule has 4 heteroatoms. The van der Waals surface area contributed by atoms with Gasteiger partial charge in [0, 0.05) is 23.1 Å². The van der Waals surface area contributed by atoms with Gasteiger partial charge in [0.1, 0.15) is 5.84 Å². The van der Waals surface area contributed by atoms with Crippen LogP contribution >= 0.6 is 15.9 Å². The van der Waals surface area contributed by atoms with Crippen LogP contribution in [0.1, 0.15) is 22.3 Å². The van der Waals surface area contributed by atoms with Crippen molar-refractivity contribution >= 4 is 21.8 Å². The Morgan fingerprint density at radius 1 is 1.14 bits per heavy atom. The Labute approximate surface area is 134 Å². The van der Waals surface area contributed by atoms with Crippen LogP contribution in [0.4, 0.5) is 0 Å². The lowest BCUT2D eigenvalue weighted by Crippen LogP contribution is -2.18. The highest BCUT2D eigenvalue weighted by atomic mass is 79.9. The smallest absolute Gasteiger partial charge is 0.122 e. The van der Waals surface area contributed by atoms with E-state index in [1.807, 2.05) is 12.1 Å². The van der Waals surface area contributed by atoms with Gasteiger partial charge in [-0.15, -0.1) is 0 Å². The molecule has 3 nitrogen and oxygen atoms in total. The van der Waals surface area contributed by atoms with E-state index in [4.69, 9.17) is 11.1 Å². The quantitative estimate of drug-likeness (QED) is 0.641. The van der Waals surface area contributed by atoms with Crippen LogP contribution in [0, 0.1) is 12.3 Å². The normalized spacial score (nSPS) is 10.9. The number of hydrogen-bond acceptors (Lipinski definition) is 2. The number of nitrogens with two attached hydrogens (primary N) is 1. The van der Waals surface area contributed by atoms with Crippen molar-refractivity contribution in [2.75, 3.05) is 7.05 Å². The van der Waals surface area contributed by atoms with Gasteiger partial charge < -0.3 is 5.73 Å². The van der Waals surface area contributed by atoms with E-state index in [1.165, 1.54) is 16.7 Å². The van der Waals surface area contributed by atoms with Gasteiger partial charge in [0.2, 0.25) is 0 Å². The lowest BCUT2D eigenvalue weighted by molar-refractivity contribution is 0.318. The van der Waals surface area contributed by atoms with Crippen molar-refractivity contribution in [1.82, 2.24) is 4.90 Å². The Morgan fingerprint density at radius 2 is 1.81 bits per heavy atom. The molecular weight excluding hydrogens is 326 g/mol. The molecular formula is C17H20BrN3. The molecule has 2 aromatic carbocycles. The zero-order valence-corrected chi connectivity index (χ0v) is 13.9. The molecule has 0 aliphatic rings. The third-order valence-electron chi connectivity index (χ3n) is 3.46. The summed E-state index contributed by atoms with van der Waals surface area (Å²) in [6.45, 7) is 3.84. The molecule has 0 spiro atoms. The Hall–Kier alpha value is -1.65. The van der Waals surface area contributed by atoms with Crippen LogP contribution in [0.15, 0.2) is 46.9 Å². The van der Waals surface area contributed by atoms with Gasteiger partial charge in [-0.05, 0) is 48.9 Å². The van der Waals surface area contributed by atoms with E-state index in [-0.39, 0.29) is 5.84 Å². The van der Waals surface area contributed by atoms with E-state index in [1.54, 1.807) is 0 Å². The Morgan fingerprint density at radius 3 is 2.38 bits per heavy atom. The fourth-order valence-electron chi connectivity index (χ4n) is 2.29. The third-order valence-corrected chi connectivity index (χ3v) is 3.99. The Balaban J connectivity index is 2.04. The van der Waals surface area contributed by atoms with Crippen molar-refractivity contribution in [2.24, 2.45) is 5.73 Å². The van der Waals surface area contributed by atoms with Crippen molar-refractivity contribution < 1.29 is 0 Å². The number of nitrogens with one attached hydrogen (secondary N) is 1. The van der Waals surface area contributed by atoms with Gasteiger partial charge in [0.25, 0.3) is 0 Å². The highest BCUT2D eigenvalue weighted by Crippen LogP contribution is 2.16. The van der Waals surface area contributed by atoms with Crippen LogP contribution in [0.25, 0.3) is 0 Å². The third kappa shape index (κ3) is 4.41. The maximum atomic E-state index is 7.47. The number of aryl methyl sites for hydroxylation is 1. The summed E-state index contributed by atoms with van der Waals surface area (Å²) in [5, 5.41) is 7.47. The standard InChI is InChI=1S/C17H20BrN3/c1-12-9-14(17(19)20)5-6-15(12)11-21(2)10-13-3-7-16(18)8-4-13/h3-9H,10-11H2,1-2H3,(H3,19,20). The van der Waals surface area contributed by atoms with Gasteiger partial charge in [-0.2, -0.15) is 0 Å². The average molecular weight is 346 g/mol. The van der Waals surface area contributed by atoms with Crippen molar-refractivity contribution in [2.45, 2.75) is 20.0 Å². The number of rotatable bonds is 5. The van der Waals surface area contributed by atoms with E-state index >= 15 is 0 Å². The largest absolute Gasteiger partial charge is 0.384 e. The van der Waals surface area contributed by atoms with E-state index in [9.17, 15) is 0 Å². The molecule has 0 aliphatic heterocycles. The Kier molecular flexibility index (Phi) is 5.15. The van der Waals surface area contributed by atoms with Gasteiger partial charge in [-0.25, -0.2) is 0 Å². The molecule has 0 heterocycles. The highest BCUT2D eigenvalue weighted by Gasteiger charge is 2.06. The van der Waals surface area contributed by atoms with Gasteiger partial charge >= 0.3 is 0 Å². The summed E-state index contributed by atoms with van der Waals surface area (Å²) < 4.78 is 1.10. The van der Waals surface area contributed by atoms with Gasteiger partial charge in [0.15, 0.2) is 0 Å². The van der Waals surface area contributed by atoms with Crippen LogP contribution in [0.3, 0.4) is 0 Å². The predicted octanol–water partition coefficient (Wildman–Crippen LogP) is 3.67. The van der Waals surface area contributed by atoms with Crippen molar-refractivity contribution in [1.29, 1.82) is 5.41 Å². The van der Waals surface area contributed by atoms with Crippen LogP contribution in [0.2, 0.25) is 0 Å². The first kappa shape index (κ1) is 15.7. The van der Waals surface area contributed by atoms with Gasteiger partial charge in [-0.3, -0.25) is 10.3 Å².